The van der Waals surface area contributed by atoms with Crippen molar-refractivity contribution in [3.05, 3.63) is 30.1 Å². The Balaban J connectivity index is 1.61. The Morgan fingerprint density at radius 2 is 2.38 bits per heavy atom. The van der Waals surface area contributed by atoms with E-state index < -0.39 is 11.4 Å². The lowest BCUT2D eigenvalue weighted by Gasteiger charge is -2.23. The molecular weight excluding hydrogens is 270 g/mol. The van der Waals surface area contributed by atoms with Crippen LogP contribution in [-0.2, 0) is 11.3 Å². The molecule has 2 atom stereocenters. The highest BCUT2D eigenvalue weighted by Gasteiger charge is 2.55. The molecule has 0 bridgehead atoms. The van der Waals surface area contributed by atoms with E-state index in [1.54, 1.807) is 17.3 Å². The summed E-state index contributed by atoms with van der Waals surface area (Å²) in [6.45, 7) is 1.28. The number of carboxylic acids is 1. The number of carbonyl (C=O) groups is 2. The van der Waals surface area contributed by atoms with Crippen LogP contribution in [0.25, 0.3) is 0 Å². The maximum Gasteiger partial charge on any atom is 0.317 e. The molecule has 6 nitrogen and oxygen atoms in total. The summed E-state index contributed by atoms with van der Waals surface area (Å²) < 4.78 is 0. The van der Waals surface area contributed by atoms with Crippen LogP contribution < -0.4 is 5.32 Å². The second-order valence-corrected chi connectivity index (χ2v) is 5.95. The molecule has 2 amide bonds. The number of amides is 2. The van der Waals surface area contributed by atoms with Crippen molar-refractivity contribution in [3.63, 3.8) is 0 Å². The summed E-state index contributed by atoms with van der Waals surface area (Å²) in [5.74, 6) is -0.660. The number of rotatable bonds is 3. The Morgan fingerprint density at radius 1 is 1.52 bits per heavy atom. The third-order valence-corrected chi connectivity index (χ3v) is 4.75. The van der Waals surface area contributed by atoms with Gasteiger partial charge < -0.3 is 15.3 Å². The largest absolute Gasteiger partial charge is 0.481 e. The molecule has 1 aromatic rings. The maximum absolute atomic E-state index is 12.2. The molecule has 2 N–H and O–H groups in total. The molecule has 2 aliphatic rings. The van der Waals surface area contributed by atoms with Gasteiger partial charge in [0.05, 0.1) is 5.41 Å². The van der Waals surface area contributed by atoms with Gasteiger partial charge >= 0.3 is 12.0 Å². The van der Waals surface area contributed by atoms with E-state index in [1.807, 2.05) is 12.1 Å². The topological polar surface area (TPSA) is 82.5 Å². The number of aromatic nitrogens is 1. The van der Waals surface area contributed by atoms with E-state index in [0.717, 1.165) is 18.4 Å². The number of carboxylic acid groups (broad SMARTS) is 1. The summed E-state index contributed by atoms with van der Waals surface area (Å²) in [6, 6.07) is 3.53. The summed E-state index contributed by atoms with van der Waals surface area (Å²) in [4.78, 5) is 29.4. The molecule has 6 heteroatoms. The number of pyridine rings is 1. The van der Waals surface area contributed by atoms with E-state index in [0.29, 0.717) is 26.1 Å². The highest BCUT2D eigenvalue weighted by Crippen LogP contribution is 2.48. The SMILES string of the molecule is O=C(NCc1cccnc1)N1C[C@@H]2CCC[C@@]2(C(=O)O)C1. The lowest BCUT2D eigenvalue weighted by molar-refractivity contribution is -0.149. The number of carbonyl (C=O) groups excluding carboxylic acids is 1. The number of hydrogen-bond donors (Lipinski definition) is 2. The van der Waals surface area contributed by atoms with Gasteiger partial charge in [-0.15, -0.1) is 0 Å². The van der Waals surface area contributed by atoms with Gasteiger partial charge in [0.25, 0.3) is 0 Å². The quantitative estimate of drug-likeness (QED) is 0.883. The van der Waals surface area contributed by atoms with Gasteiger partial charge in [0.2, 0.25) is 0 Å². The molecule has 0 spiro atoms. The predicted molar refractivity (Wildman–Crippen MR) is 75.5 cm³/mol. The minimum atomic E-state index is -0.757. The van der Waals surface area contributed by atoms with Gasteiger partial charge in [0.15, 0.2) is 0 Å². The Labute approximate surface area is 123 Å². The van der Waals surface area contributed by atoms with Gasteiger partial charge in [-0.05, 0) is 30.4 Å². The van der Waals surface area contributed by atoms with E-state index >= 15 is 0 Å². The monoisotopic (exact) mass is 289 g/mol. The van der Waals surface area contributed by atoms with Crippen LogP contribution in [0.1, 0.15) is 24.8 Å². The first-order valence-corrected chi connectivity index (χ1v) is 7.27. The van der Waals surface area contributed by atoms with Gasteiger partial charge in [-0.25, -0.2) is 4.79 Å². The molecule has 0 aromatic carbocycles. The zero-order valence-electron chi connectivity index (χ0n) is 11.8. The number of nitrogens with zero attached hydrogens (tertiary/aromatic N) is 2. The van der Waals surface area contributed by atoms with E-state index in [2.05, 4.69) is 10.3 Å². The number of aliphatic carboxylic acids is 1. The number of fused-ring (bicyclic) bond motifs is 1. The summed E-state index contributed by atoms with van der Waals surface area (Å²) in [5, 5.41) is 12.4. The summed E-state index contributed by atoms with van der Waals surface area (Å²) in [7, 11) is 0. The van der Waals surface area contributed by atoms with Crippen LogP contribution in [0.2, 0.25) is 0 Å². The van der Waals surface area contributed by atoms with Crippen LogP contribution in [-0.4, -0.2) is 40.1 Å². The fourth-order valence-electron chi connectivity index (χ4n) is 3.59. The molecular formula is C15H19N3O3. The van der Waals surface area contributed by atoms with Crippen molar-refractivity contribution in [1.82, 2.24) is 15.2 Å². The van der Waals surface area contributed by atoms with Crippen LogP contribution in [0.3, 0.4) is 0 Å². The van der Waals surface area contributed by atoms with Crippen LogP contribution in [0, 0.1) is 11.3 Å². The van der Waals surface area contributed by atoms with E-state index in [-0.39, 0.29) is 11.9 Å². The number of urea groups is 1. The van der Waals surface area contributed by atoms with Crippen molar-refractivity contribution in [2.45, 2.75) is 25.8 Å². The van der Waals surface area contributed by atoms with E-state index in [1.165, 1.54) is 0 Å². The third-order valence-electron chi connectivity index (χ3n) is 4.75. The normalized spacial score (nSPS) is 27.4. The zero-order chi connectivity index (χ0) is 14.9. The molecule has 2 fully saturated rings. The Morgan fingerprint density at radius 3 is 3.05 bits per heavy atom. The lowest BCUT2D eigenvalue weighted by atomic mass is 9.81. The minimum absolute atomic E-state index is 0.0964. The summed E-state index contributed by atoms with van der Waals surface area (Å²) >= 11 is 0. The van der Waals surface area contributed by atoms with Gasteiger partial charge in [-0.3, -0.25) is 9.78 Å². The highest BCUT2D eigenvalue weighted by molar-refractivity contribution is 5.80. The number of likely N-dealkylation sites (tertiary alicyclic amines) is 1. The van der Waals surface area contributed by atoms with Crippen molar-refractivity contribution in [2.24, 2.45) is 11.3 Å². The summed E-state index contributed by atoms with van der Waals surface area (Å²) in [6.07, 6.45) is 5.92. The molecule has 1 saturated heterocycles. The fraction of sp³-hybridized carbons (Fsp3) is 0.533. The Hall–Kier alpha value is -2.11. The van der Waals surface area contributed by atoms with Crippen LogP contribution in [0.15, 0.2) is 24.5 Å². The van der Waals surface area contributed by atoms with Gasteiger partial charge in [0, 0.05) is 32.0 Å². The van der Waals surface area contributed by atoms with Crippen LogP contribution in [0.4, 0.5) is 4.79 Å². The van der Waals surface area contributed by atoms with Crippen LogP contribution >= 0.6 is 0 Å². The molecule has 1 saturated carbocycles. The maximum atomic E-state index is 12.2. The van der Waals surface area contributed by atoms with Crippen molar-refractivity contribution >= 4 is 12.0 Å². The molecule has 112 valence electrons. The minimum Gasteiger partial charge on any atom is -0.481 e. The molecule has 0 unspecified atom stereocenters. The van der Waals surface area contributed by atoms with Crippen molar-refractivity contribution in [1.29, 1.82) is 0 Å². The molecule has 3 rings (SSSR count). The molecule has 1 aliphatic heterocycles. The molecule has 0 radical (unpaired) electrons. The van der Waals surface area contributed by atoms with Gasteiger partial charge in [0.1, 0.15) is 0 Å². The van der Waals surface area contributed by atoms with Crippen LogP contribution in [0.5, 0.6) is 0 Å². The third kappa shape index (κ3) is 2.46. The molecule has 1 aliphatic carbocycles. The lowest BCUT2D eigenvalue weighted by Crippen LogP contribution is -2.41. The molecule has 21 heavy (non-hydrogen) atoms. The Bertz CT molecular complexity index is 548. The van der Waals surface area contributed by atoms with Gasteiger partial charge in [-0.2, -0.15) is 0 Å². The highest BCUT2D eigenvalue weighted by atomic mass is 16.4. The molecule has 2 heterocycles. The average Bonchev–Trinajstić information content (AvgIpc) is 3.03. The van der Waals surface area contributed by atoms with Crippen molar-refractivity contribution < 1.29 is 14.7 Å². The molecule has 1 aromatic heterocycles. The van der Waals surface area contributed by atoms with E-state index in [9.17, 15) is 14.7 Å². The second kappa shape index (κ2) is 5.35. The predicted octanol–water partition coefficient (Wildman–Crippen LogP) is 1.48. The van der Waals surface area contributed by atoms with Gasteiger partial charge in [-0.1, -0.05) is 12.5 Å². The summed E-state index contributed by atoms with van der Waals surface area (Å²) in [5.41, 5.74) is 0.212. The van der Waals surface area contributed by atoms with Crippen molar-refractivity contribution in [2.75, 3.05) is 13.1 Å². The number of hydrogen-bond acceptors (Lipinski definition) is 3. The standard InChI is InChI=1S/C15H19N3O3/c19-13(20)15-5-1-4-12(15)9-18(10-15)14(21)17-8-11-3-2-6-16-7-11/h2-3,6-7,12H,1,4-5,8-10H2,(H,17,21)(H,19,20)/t12-,15+/m0/s1. The first-order valence-electron chi connectivity index (χ1n) is 7.27. The Kier molecular flexibility index (Phi) is 3.53. The first kappa shape index (κ1) is 13.9. The first-order chi connectivity index (χ1) is 10.1. The zero-order valence-corrected chi connectivity index (χ0v) is 11.8. The van der Waals surface area contributed by atoms with E-state index in [4.69, 9.17) is 0 Å². The smallest absolute Gasteiger partial charge is 0.317 e. The number of nitrogens with one attached hydrogen (secondary N) is 1. The fourth-order valence-corrected chi connectivity index (χ4v) is 3.59. The average molecular weight is 289 g/mol. The van der Waals surface area contributed by atoms with Crippen molar-refractivity contribution in [3.8, 4) is 0 Å². The second-order valence-electron chi connectivity index (χ2n) is 5.95.